The summed E-state index contributed by atoms with van der Waals surface area (Å²) in [5.74, 6) is 0. The maximum atomic E-state index is 2.36. The number of benzene rings is 6. The van der Waals surface area contributed by atoms with Crippen molar-refractivity contribution in [3.8, 4) is 22.3 Å². The summed E-state index contributed by atoms with van der Waals surface area (Å²) in [7, 11) is 0. The second-order valence-corrected chi connectivity index (χ2v) is 7.80. The third-order valence-corrected chi connectivity index (χ3v) is 6.05. The van der Waals surface area contributed by atoms with Crippen LogP contribution in [0.25, 0.3) is 54.6 Å². The Morgan fingerprint density at radius 3 is 1.10 bits per heavy atom. The number of fused-ring (bicyclic) bond motifs is 3. The molecular formula is C30H20. The van der Waals surface area contributed by atoms with Gasteiger partial charge in [-0.15, -0.1) is 0 Å². The molecule has 0 spiro atoms. The summed E-state index contributed by atoms with van der Waals surface area (Å²) in [5.41, 5.74) is 5.12. The van der Waals surface area contributed by atoms with Gasteiger partial charge in [0.25, 0.3) is 0 Å². The molecule has 0 bridgehead atoms. The summed E-state index contributed by atoms with van der Waals surface area (Å²) in [6, 6.07) is 43.9. The smallest absolute Gasteiger partial charge is 0.00926 e. The maximum Gasteiger partial charge on any atom is -0.00926 e. The van der Waals surface area contributed by atoms with Crippen molar-refractivity contribution < 1.29 is 0 Å². The Balaban J connectivity index is 1.76. The zero-order valence-corrected chi connectivity index (χ0v) is 16.5. The molecule has 0 N–H and O–H groups in total. The molecule has 6 aromatic carbocycles. The molecule has 0 heteroatoms. The summed E-state index contributed by atoms with van der Waals surface area (Å²) in [5, 5.41) is 7.65. The van der Waals surface area contributed by atoms with Gasteiger partial charge in [-0.2, -0.15) is 0 Å². The van der Waals surface area contributed by atoms with Gasteiger partial charge in [0, 0.05) is 0 Å². The van der Waals surface area contributed by atoms with Gasteiger partial charge in [-0.05, 0) is 66.7 Å². The molecular weight excluding hydrogens is 360 g/mol. The molecule has 6 aromatic rings. The molecule has 30 heavy (non-hydrogen) atoms. The molecule has 0 aliphatic rings. The fourth-order valence-corrected chi connectivity index (χ4v) is 4.61. The molecule has 0 atom stereocenters. The van der Waals surface area contributed by atoms with Crippen LogP contribution in [0.4, 0.5) is 0 Å². The van der Waals surface area contributed by atoms with Gasteiger partial charge in [0.1, 0.15) is 0 Å². The minimum Gasteiger partial charge on any atom is -0.0616 e. The summed E-state index contributed by atoms with van der Waals surface area (Å²) in [4.78, 5) is 0. The van der Waals surface area contributed by atoms with E-state index in [0.29, 0.717) is 0 Å². The van der Waals surface area contributed by atoms with Crippen LogP contribution in [0.2, 0.25) is 0 Å². The van der Waals surface area contributed by atoms with Gasteiger partial charge in [-0.1, -0.05) is 109 Å². The highest BCUT2D eigenvalue weighted by Crippen LogP contribution is 2.41. The zero-order valence-electron chi connectivity index (χ0n) is 16.5. The van der Waals surface area contributed by atoms with E-state index in [2.05, 4.69) is 121 Å². The molecule has 0 aliphatic carbocycles. The van der Waals surface area contributed by atoms with Crippen LogP contribution in [0.15, 0.2) is 121 Å². The Hall–Kier alpha value is -3.90. The average Bonchev–Trinajstić information content (AvgIpc) is 2.82. The van der Waals surface area contributed by atoms with E-state index in [9.17, 15) is 0 Å². The fourth-order valence-electron chi connectivity index (χ4n) is 4.61. The normalized spacial score (nSPS) is 11.3. The number of hydrogen-bond acceptors (Lipinski definition) is 0. The van der Waals surface area contributed by atoms with E-state index in [1.54, 1.807) is 0 Å². The van der Waals surface area contributed by atoms with E-state index in [4.69, 9.17) is 0 Å². The summed E-state index contributed by atoms with van der Waals surface area (Å²) >= 11 is 0. The topological polar surface area (TPSA) is 0 Å². The highest BCUT2D eigenvalue weighted by atomic mass is 14.2. The Kier molecular flexibility index (Phi) is 3.89. The maximum absolute atomic E-state index is 2.36. The third-order valence-electron chi connectivity index (χ3n) is 6.05. The van der Waals surface area contributed by atoms with Gasteiger partial charge in [-0.3, -0.25) is 0 Å². The van der Waals surface area contributed by atoms with Gasteiger partial charge < -0.3 is 0 Å². The highest BCUT2D eigenvalue weighted by Gasteiger charge is 2.14. The van der Waals surface area contributed by atoms with Gasteiger partial charge in [0.05, 0.1) is 0 Å². The molecule has 0 nitrogen and oxygen atoms in total. The molecule has 0 heterocycles. The molecule has 0 unspecified atom stereocenters. The van der Waals surface area contributed by atoms with Crippen LogP contribution >= 0.6 is 0 Å². The van der Waals surface area contributed by atoms with Gasteiger partial charge in [0.15, 0.2) is 0 Å². The van der Waals surface area contributed by atoms with E-state index >= 15 is 0 Å². The first-order valence-electron chi connectivity index (χ1n) is 10.4. The van der Waals surface area contributed by atoms with Crippen molar-refractivity contribution in [3.05, 3.63) is 121 Å². The zero-order chi connectivity index (χ0) is 19.9. The number of hydrogen-bond donors (Lipinski definition) is 0. The SMILES string of the molecule is c1ccc2cc(-c3cccc4ccccc34)c(-c3cccc4ccccc34)cc2c1. The predicted octanol–water partition coefficient (Wildman–Crippen LogP) is 8.48. The van der Waals surface area contributed by atoms with Gasteiger partial charge in [0.2, 0.25) is 0 Å². The van der Waals surface area contributed by atoms with Crippen LogP contribution in [0.1, 0.15) is 0 Å². The van der Waals surface area contributed by atoms with E-state index in [-0.39, 0.29) is 0 Å². The van der Waals surface area contributed by atoms with Crippen LogP contribution in [0.3, 0.4) is 0 Å². The first-order valence-corrected chi connectivity index (χ1v) is 10.4. The second kappa shape index (κ2) is 6.86. The summed E-state index contributed by atoms with van der Waals surface area (Å²) in [6.45, 7) is 0. The molecule has 0 amide bonds. The molecule has 140 valence electrons. The van der Waals surface area contributed by atoms with Crippen molar-refractivity contribution in [2.75, 3.05) is 0 Å². The lowest BCUT2D eigenvalue weighted by atomic mass is 9.87. The van der Waals surface area contributed by atoms with Crippen molar-refractivity contribution in [2.45, 2.75) is 0 Å². The average molecular weight is 380 g/mol. The van der Waals surface area contributed by atoms with E-state index in [1.165, 1.54) is 54.6 Å². The standard InChI is InChI=1S/C30H20/c1-2-12-24-20-30(28-18-8-14-22-10-4-6-16-26(22)28)29(19-23(24)11-1)27-17-7-13-21-9-3-5-15-25(21)27/h1-20H. The molecule has 0 radical (unpaired) electrons. The van der Waals surface area contributed by atoms with Crippen LogP contribution < -0.4 is 0 Å². The lowest BCUT2D eigenvalue weighted by Crippen LogP contribution is -1.89. The predicted molar refractivity (Wildman–Crippen MR) is 130 cm³/mol. The van der Waals surface area contributed by atoms with Crippen molar-refractivity contribution in [3.63, 3.8) is 0 Å². The van der Waals surface area contributed by atoms with Crippen molar-refractivity contribution in [1.29, 1.82) is 0 Å². The highest BCUT2D eigenvalue weighted by molar-refractivity contribution is 6.08. The van der Waals surface area contributed by atoms with Crippen molar-refractivity contribution >= 4 is 32.3 Å². The van der Waals surface area contributed by atoms with E-state index < -0.39 is 0 Å². The fraction of sp³-hybridized carbons (Fsp3) is 0. The van der Waals surface area contributed by atoms with Crippen LogP contribution in [-0.2, 0) is 0 Å². The second-order valence-electron chi connectivity index (χ2n) is 7.80. The molecule has 0 fully saturated rings. The Bertz CT molecular complexity index is 1410. The first-order chi connectivity index (χ1) is 14.9. The monoisotopic (exact) mass is 380 g/mol. The van der Waals surface area contributed by atoms with Crippen LogP contribution in [0, 0.1) is 0 Å². The minimum absolute atomic E-state index is 1.27. The van der Waals surface area contributed by atoms with Crippen molar-refractivity contribution in [2.24, 2.45) is 0 Å². The first kappa shape index (κ1) is 17.0. The lowest BCUT2D eigenvalue weighted by Gasteiger charge is -2.16. The van der Waals surface area contributed by atoms with E-state index in [0.717, 1.165) is 0 Å². The quantitative estimate of drug-likeness (QED) is 0.282. The molecule has 0 saturated heterocycles. The van der Waals surface area contributed by atoms with Gasteiger partial charge in [-0.25, -0.2) is 0 Å². The molecule has 0 aromatic heterocycles. The molecule has 0 aliphatic heterocycles. The summed E-state index contributed by atoms with van der Waals surface area (Å²) in [6.07, 6.45) is 0. The Labute approximate surface area is 176 Å². The number of rotatable bonds is 2. The van der Waals surface area contributed by atoms with Gasteiger partial charge >= 0.3 is 0 Å². The third kappa shape index (κ3) is 2.69. The minimum atomic E-state index is 1.27. The van der Waals surface area contributed by atoms with Crippen molar-refractivity contribution in [1.82, 2.24) is 0 Å². The van der Waals surface area contributed by atoms with Crippen LogP contribution in [-0.4, -0.2) is 0 Å². The lowest BCUT2D eigenvalue weighted by molar-refractivity contribution is 1.64. The van der Waals surface area contributed by atoms with E-state index in [1.807, 2.05) is 0 Å². The Morgan fingerprint density at radius 1 is 0.267 bits per heavy atom. The Morgan fingerprint density at radius 2 is 0.633 bits per heavy atom. The largest absolute Gasteiger partial charge is 0.0616 e. The summed E-state index contributed by atoms with van der Waals surface area (Å²) < 4.78 is 0. The van der Waals surface area contributed by atoms with Crippen LogP contribution in [0.5, 0.6) is 0 Å². The molecule has 6 rings (SSSR count). The molecule has 0 saturated carbocycles.